The lowest BCUT2D eigenvalue weighted by atomic mass is 10.1. The van der Waals surface area contributed by atoms with Crippen LogP contribution in [-0.2, 0) is 6.54 Å². The second-order valence-corrected chi connectivity index (χ2v) is 6.52. The summed E-state index contributed by atoms with van der Waals surface area (Å²) in [7, 11) is 0. The minimum absolute atomic E-state index is 0.117. The number of benzene rings is 1. The number of H-pyrrole nitrogens is 2. The number of carbonyl (C=O) groups excluding carboxylic acids is 1. The SMILES string of the molecule is O=C(NC[C@H]1CCN(Cc2ccco2)C1)c1ccc2[nH]c(=O)[nH]c2c1. The molecule has 1 aromatic carbocycles. The Morgan fingerprint density at radius 2 is 2.16 bits per heavy atom. The summed E-state index contributed by atoms with van der Waals surface area (Å²) in [6.45, 7) is 3.42. The van der Waals surface area contributed by atoms with Gasteiger partial charge in [0.2, 0.25) is 0 Å². The van der Waals surface area contributed by atoms with Gasteiger partial charge in [0.25, 0.3) is 5.91 Å². The molecule has 3 heterocycles. The van der Waals surface area contributed by atoms with Crippen molar-refractivity contribution in [2.45, 2.75) is 13.0 Å². The molecule has 4 rings (SSSR count). The number of carbonyl (C=O) groups is 1. The van der Waals surface area contributed by atoms with Crippen LogP contribution in [0.4, 0.5) is 0 Å². The molecular formula is C18H20N4O3. The van der Waals surface area contributed by atoms with Gasteiger partial charge >= 0.3 is 5.69 Å². The molecule has 3 aromatic rings. The fraction of sp³-hybridized carbons (Fsp3) is 0.333. The maximum Gasteiger partial charge on any atom is 0.323 e. The molecule has 1 aliphatic heterocycles. The fourth-order valence-corrected chi connectivity index (χ4v) is 3.36. The third-order valence-electron chi connectivity index (χ3n) is 4.66. The van der Waals surface area contributed by atoms with Gasteiger partial charge in [-0.05, 0) is 49.2 Å². The number of furan rings is 1. The van der Waals surface area contributed by atoms with Crippen molar-refractivity contribution in [1.29, 1.82) is 0 Å². The highest BCUT2D eigenvalue weighted by Gasteiger charge is 2.23. The number of amides is 1. The number of nitrogens with one attached hydrogen (secondary N) is 3. The lowest BCUT2D eigenvalue weighted by Crippen LogP contribution is -2.30. The van der Waals surface area contributed by atoms with E-state index in [0.29, 0.717) is 29.1 Å². The van der Waals surface area contributed by atoms with E-state index in [4.69, 9.17) is 4.42 Å². The van der Waals surface area contributed by atoms with E-state index in [-0.39, 0.29) is 11.6 Å². The number of imidazole rings is 1. The Hall–Kier alpha value is -2.80. The lowest BCUT2D eigenvalue weighted by molar-refractivity contribution is 0.0947. The Kier molecular flexibility index (Phi) is 4.15. The molecule has 7 heteroatoms. The topological polar surface area (TPSA) is 94.1 Å². The highest BCUT2D eigenvalue weighted by Crippen LogP contribution is 2.18. The van der Waals surface area contributed by atoms with E-state index in [1.54, 1.807) is 24.5 Å². The van der Waals surface area contributed by atoms with Gasteiger partial charge in [-0.25, -0.2) is 4.79 Å². The summed E-state index contributed by atoms with van der Waals surface area (Å²) < 4.78 is 5.38. The largest absolute Gasteiger partial charge is 0.468 e. The summed E-state index contributed by atoms with van der Waals surface area (Å²) in [6, 6.07) is 9.04. The molecule has 0 aliphatic carbocycles. The standard InChI is InChI=1S/C18H20N4O3/c23-17(13-3-4-15-16(8-13)21-18(24)20-15)19-9-12-5-6-22(10-12)11-14-2-1-7-25-14/h1-4,7-8,12H,5-6,9-11H2,(H,19,23)(H2,20,21,24)/t12-/m1/s1. The smallest absolute Gasteiger partial charge is 0.323 e. The number of rotatable bonds is 5. The Labute approximate surface area is 144 Å². The van der Waals surface area contributed by atoms with Crippen LogP contribution >= 0.6 is 0 Å². The molecule has 1 aliphatic rings. The van der Waals surface area contributed by atoms with Crippen LogP contribution in [0.25, 0.3) is 11.0 Å². The van der Waals surface area contributed by atoms with Gasteiger partial charge in [-0.3, -0.25) is 9.69 Å². The van der Waals surface area contributed by atoms with Crippen molar-refractivity contribution in [2.24, 2.45) is 5.92 Å². The summed E-state index contributed by atoms with van der Waals surface area (Å²) in [4.78, 5) is 31.3. The van der Waals surface area contributed by atoms with E-state index < -0.39 is 0 Å². The first-order valence-corrected chi connectivity index (χ1v) is 8.42. The maximum absolute atomic E-state index is 12.3. The van der Waals surface area contributed by atoms with Crippen molar-refractivity contribution >= 4 is 16.9 Å². The van der Waals surface area contributed by atoms with Crippen molar-refractivity contribution in [3.63, 3.8) is 0 Å². The minimum atomic E-state index is -0.268. The average molecular weight is 340 g/mol. The van der Waals surface area contributed by atoms with Crippen LogP contribution in [-0.4, -0.2) is 40.4 Å². The van der Waals surface area contributed by atoms with Crippen LogP contribution < -0.4 is 11.0 Å². The van der Waals surface area contributed by atoms with Crippen LogP contribution in [0.2, 0.25) is 0 Å². The van der Waals surface area contributed by atoms with Crippen molar-refractivity contribution in [3.05, 3.63) is 58.4 Å². The summed E-state index contributed by atoms with van der Waals surface area (Å²) in [5.41, 5.74) is 1.62. The molecule has 2 aromatic heterocycles. The van der Waals surface area contributed by atoms with E-state index >= 15 is 0 Å². The van der Waals surface area contributed by atoms with E-state index in [0.717, 1.165) is 31.8 Å². The van der Waals surface area contributed by atoms with E-state index in [1.165, 1.54) is 0 Å². The van der Waals surface area contributed by atoms with Gasteiger partial charge in [0.05, 0.1) is 23.8 Å². The van der Waals surface area contributed by atoms with E-state index in [1.807, 2.05) is 12.1 Å². The predicted octanol–water partition coefficient (Wildman–Crippen LogP) is 1.70. The van der Waals surface area contributed by atoms with Crippen LogP contribution in [0.1, 0.15) is 22.5 Å². The quantitative estimate of drug-likeness (QED) is 0.659. The fourth-order valence-electron chi connectivity index (χ4n) is 3.36. The molecule has 1 fully saturated rings. The first-order chi connectivity index (χ1) is 12.2. The molecule has 0 saturated carbocycles. The van der Waals surface area contributed by atoms with Gasteiger partial charge in [0.1, 0.15) is 5.76 Å². The van der Waals surface area contributed by atoms with Gasteiger partial charge in [-0.2, -0.15) is 0 Å². The normalized spacial score (nSPS) is 18.0. The van der Waals surface area contributed by atoms with Gasteiger partial charge in [0.15, 0.2) is 0 Å². The molecule has 0 bridgehead atoms. The zero-order valence-electron chi connectivity index (χ0n) is 13.7. The molecule has 7 nitrogen and oxygen atoms in total. The first kappa shape index (κ1) is 15.7. The second-order valence-electron chi connectivity index (χ2n) is 6.52. The van der Waals surface area contributed by atoms with Crippen molar-refractivity contribution < 1.29 is 9.21 Å². The first-order valence-electron chi connectivity index (χ1n) is 8.42. The third-order valence-corrected chi connectivity index (χ3v) is 4.66. The summed E-state index contributed by atoms with van der Waals surface area (Å²) in [6.07, 6.45) is 2.75. The highest BCUT2D eigenvalue weighted by atomic mass is 16.3. The number of likely N-dealkylation sites (tertiary alicyclic amines) is 1. The van der Waals surface area contributed by atoms with Crippen molar-refractivity contribution in [3.8, 4) is 0 Å². The lowest BCUT2D eigenvalue weighted by Gasteiger charge is -2.15. The predicted molar refractivity (Wildman–Crippen MR) is 93.3 cm³/mol. The number of nitrogens with zero attached hydrogens (tertiary/aromatic N) is 1. The number of aromatic amines is 2. The number of aromatic nitrogens is 2. The monoisotopic (exact) mass is 340 g/mol. The van der Waals surface area contributed by atoms with Crippen LogP contribution in [0, 0.1) is 5.92 Å². The molecule has 130 valence electrons. The van der Waals surface area contributed by atoms with Gasteiger partial charge in [0, 0.05) is 18.7 Å². The van der Waals surface area contributed by atoms with E-state index in [2.05, 4.69) is 20.2 Å². The minimum Gasteiger partial charge on any atom is -0.468 e. The van der Waals surface area contributed by atoms with Crippen molar-refractivity contribution in [2.75, 3.05) is 19.6 Å². The molecule has 3 N–H and O–H groups in total. The van der Waals surface area contributed by atoms with Crippen LogP contribution in [0.5, 0.6) is 0 Å². The zero-order valence-corrected chi connectivity index (χ0v) is 13.7. The Bertz CT molecular complexity index is 925. The number of fused-ring (bicyclic) bond motifs is 1. The second kappa shape index (κ2) is 6.60. The third kappa shape index (κ3) is 3.51. The Morgan fingerprint density at radius 3 is 3.00 bits per heavy atom. The van der Waals surface area contributed by atoms with Crippen LogP contribution in [0.3, 0.4) is 0 Å². The number of hydrogen-bond acceptors (Lipinski definition) is 4. The molecule has 1 atom stereocenters. The molecule has 1 amide bonds. The molecule has 0 spiro atoms. The number of hydrogen-bond donors (Lipinski definition) is 3. The molecular weight excluding hydrogens is 320 g/mol. The molecule has 25 heavy (non-hydrogen) atoms. The Morgan fingerprint density at radius 1 is 1.28 bits per heavy atom. The zero-order chi connectivity index (χ0) is 17.2. The van der Waals surface area contributed by atoms with E-state index in [9.17, 15) is 9.59 Å². The van der Waals surface area contributed by atoms with Gasteiger partial charge in [-0.1, -0.05) is 0 Å². The van der Waals surface area contributed by atoms with Crippen LogP contribution in [0.15, 0.2) is 45.8 Å². The highest BCUT2D eigenvalue weighted by molar-refractivity contribution is 5.97. The molecule has 0 unspecified atom stereocenters. The van der Waals surface area contributed by atoms with Gasteiger partial charge < -0.3 is 19.7 Å². The maximum atomic E-state index is 12.3. The Balaban J connectivity index is 1.31. The van der Waals surface area contributed by atoms with Gasteiger partial charge in [-0.15, -0.1) is 0 Å². The molecule has 0 radical (unpaired) electrons. The summed E-state index contributed by atoms with van der Waals surface area (Å²) in [5.74, 6) is 1.29. The summed E-state index contributed by atoms with van der Waals surface area (Å²) >= 11 is 0. The van der Waals surface area contributed by atoms with Crippen molar-refractivity contribution in [1.82, 2.24) is 20.2 Å². The summed E-state index contributed by atoms with van der Waals surface area (Å²) in [5, 5.41) is 3.00. The average Bonchev–Trinajstić information content (AvgIpc) is 3.32. The molecule has 1 saturated heterocycles.